The van der Waals surface area contributed by atoms with Crippen molar-refractivity contribution in [2.45, 2.75) is 31.3 Å². The number of alkyl halides is 3. The highest BCUT2D eigenvalue weighted by Crippen LogP contribution is 2.30. The number of nitrogens with zero attached hydrogens (tertiary/aromatic N) is 1. The number of esters is 1. The minimum atomic E-state index is -4.90. The number of benzene rings is 1. The van der Waals surface area contributed by atoms with Crippen molar-refractivity contribution in [3.8, 4) is 0 Å². The second-order valence-corrected chi connectivity index (χ2v) is 5.96. The van der Waals surface area contributed by atoms with Crippen LogP contribution in [-0.2, 0) is 15.7 Å². The summed E-state index contributed by atoms with van der Waals surface area (Å²) in [5, 5.41) is 0. The molecule has 0 bridgehead atoms. The quantitative estimate of drug-likeness (QED) is 0.816. The molecule has 0 spiro atoms. The third-order valence-electron chi connectivity index (χ3n) is 4.08. The van der Waals surface area contributed by atoms with E-state index in [1.165, 1.54) is 0 Å². The number of hydrogen-bond donors (Lipinski definition) is 1. The SMILES string of the molecule is O=C(OC[C@@H]1CC[C@H](n2cc(C(F)(F)F)c(=O)[nH]c2=O)O1)c1ccccc1. The molecule has 1 aliphatic rings. The number of halogens is 3. The first-order chi connectivity index (χ1) is 12.8. The smallest absolute Gasteiger partial charge is 0.423 e. The van der Waals surface area contributed by atoms with Crippen molar-refractivity contribution in [1.29, 1.82) is 0 Å². The molecule has 0 unspecified atom stereocenters. The van der Waals surface area contributed by atoms with Gasteiger partial charge in [-0.15, -0.1) is 0 Å². The first-order valence-electron chi connectivity index (χ1n) is 8.06. The fourth-order valence-corrected chi connectivity index (χ4v) is 2.74. The molecule has 2 atom stereocenters. The summed E-state index contributed by atoms with van der Waals surface area (Å²) in [6.45, 7) is -0.103. The Balaban J connectivity index is 1.67. The highest BCUT2D eigenvalue weighted by Gasteiger charge is 2.36. The maximum absolute atomic E-state index is 12.9. The number of aromatic amines is 1. The third-order valence-corrected chi connectivity index (χ3v) is 4.08. The van der Waals surface area contributed by atoms with Gasteiger partial charge >= 0.3 is 17.8 Å². The molecule has 0 amide bonds. The second kappa shape index (κ2) is 7.39. The average Bonchev–Trinajstić information content (AvgIpc) is 3.08. The molecular weight excluding hydrogens is 369 g/mol. The predicted octanol–water partition coefficient (Wildman–Crippen LogP) is 2.09. The Bertz CT molecular complexity index is 936. The molecule has 3 rings (SSSR count). The Morgan fingerprint density at radius 1 is 1.22 bits per heavy atom. The van der Waals surface area contributed by atoms with Gasteiger partial charge in [0.25, 0.3) is 5.56 Å². The van der Waals surface area contributed by atoms with E-state index in [0.29, 0.717) is 22.7 Å². The van der Waals surface area contributed by atoms with Crippen LogP contribution in [0.15, 0.2) is 46.1 Å². The number of carbonyl (C=O) groups excluding carboxylic acids is 1. The van der Waals surface area contributed by atoms with Crippen LogP contribution in [0.25, 0.3) is 0 Å². The van der Waals surface area contributed by atoms with Gasteiger partial charge < -0.3 is 9.47 Å². The summed E-state index contributed by atoms with van der Waals surface area (Å²) < 4.78 is 49.9. The Kier molecular flexibility index (Phi) is 5.17. The number of carbonyl (C=O) groups is 1. The monoisotopic (exact) mass is 384 g/mol. The van der Waals surface area contributed by atoms with Crippen LogP contribution >= 0.6 is 0 Å². The van der Waals surface area contributed by atoms with Gasteiger partial charge in [-0.05, 0) is 25.0 Å². The first kappa shape index (κ1) is 18.9. The summed E-state index contributed by atoms with van der Waals surface area (Å²) in [6.07, 6.45) is -5.40. The average molecular weight is 384 g/mol. The number of nitrogens with one attached hydrogen (secondary N) is 1. The van der Waals surface area contributed by atoms with Crippen molar-refractivity contribution in [2.75, 3.05) is 6.61 Å². The van der Waals surface area contributed by atoms with Crippen LogP contribution in [0.1, 0.15) is 35.0 Å². The second-order valence-electron chi connectivity index (χ2n) is 5.96. The lowest BCUT2D eigenvalue weighted by Gasteiger charge is -2.17. The van der Waals surface area contributed by atoms with Gasteiger partial charge in [-0.25, -0.2) is 9.59 Å². The predicted molar refractivity (Wildman–Crippen MR) is 86.2 cm³/mol. The molecule has 0 saturated carbocycles. The first-order valence-corrected chi connectivity index (χ1v) is 8.06. The van der Waals surface area contributed by atoms with E-state index in [0.717, 1.165) is 0 Å². The molecular formula is C17H15F3N2O5. The van der Waals surface area contributed by atoms with Crippen molar-refractivity contribution >= 4 is 5.97 Å². The number of aromatic nitrogens is 2. The fraction of sp³-hybridized carbons (Fsp3) is 0.353. The van der Waals surface area contributed by atoms with E-state index < -0.39 is 41.3 Å². The normalized spacial score (nSPS) is 19.8. The largest absolute Gasteiger partial charge is 0.459 e. The minimum absolute atomic E-state index is 0.103. The van der Waals surface area contributed by atoms with Gasteiger partial charge in [0, 0.05) is 6.20 Å². The van der Waals surface area contributed by atoms with Crippen molar-refractivity contribution in [2.24, 2.45) is 0 Å². The van der Waals surface area contributed by atoms with E-state index in [4.69, 9.17) is 9.47 Å². The zero-order chi connectivity index (χ0) is 19.6. The Morgan fingerprint density at radius 2 is 1.93 bits per heavy atom. The number of H-pyrrole nitrogens is 1. The lowest BCUT2D eigenvalue weighted by atomic mass is 10.2. The molecule has 1 fully saturated rings. The zero-order valence-corrected chi connectivity index (χ0v) is 13.9. The number of rotatable bonds is 4. The van der Waals surface area contributed by atoms with Gasteiger partial charge in [-0.2, -0.15) is 13.2 Å². The molecule has 7 nitrogen and oxygen atoms in total. The highest BCUT2D eigenvalue weighted by atomic mass is 19.4. The van der Waals surface area contributed by atoms with E-state index >= 15 is 0 Å². The molecule has 1 aromatic carbocycles. The molecule has 1 aromatic heterocycles. The molecule has 2 aromatic rings. The van der Waals surface area contributed by atoms with Gasteiger partial charge in [0.15, 0.2) is 0 Å². The molecule has 144 valence electrons. The summed E-state index contributed by atoms with van der Waals surface area (Å²) in [5.41, 5.74) is -3.63. The molecule has 27 heavy (non-hydrogen) atoms. The lowest BCUT2D eigenvalue weighted by molar-refractivity contribution is -0.139. The minimum Gasteiger partial charge on any atom is -0.459 e. The van der Waals surface area contributed by atoms with E-state index in [9.17, 15) is 27.6 Å². The van der Waals surface area contributed by atoms with Crippen molar-refractivity contribution < 1.29 is 27.4 Å². The van der Waals surface area contributed by atoms with Crippen molar-refractivity contribution in [1.82, 2.24) is 9.55 Å². The molecule has 0 radical (unpaired) electrons. The van der Waals surface area contributed by atoms with Gasteiger partial charge in [0.05, 0.1) is 11.7 Å². The van der Waals surface area contributed by atoms with Crippen LogP contribution in [-0.4, -0.2) is 28.2 Å². The molecule has 10 heteroatoms. The highest BCUT2D eigenvalue weighted by molar-refractivity contribution is 5.89. The van der Waals surface area contributed by atoms with Gasteiger partial charge in [0.2, 0.25) is 0 Å². The third kappa shape index (κ3) is 4.27. The van der Waals surface area contributed by atoms with Crippen LogP contribution in [0.4, 0.5) is 13.2 Å². The molecule has 2 heterocycles. The molecule has 1 saturated heterocycles. The summed E-state index contributed by atoms with van der Waals surface area (Å²) in [7, 11) is 0. The number of hydrogen-bond acceptors (Lipinski definition) is 5. The van der Waals surface area contributed by atoms with Crippen LogP contribution in [0.2, 0.25) is 0 Å². The summed E-state index contributed by atoms with van der Waals surface area (Å²) >= 11 is 0. The standard InChI is InChI=1S/C17H15F3N2O5/c18-17(19,20)12-8-22(16(25)21-14(12)23)13-7-6-11(27-13)9-26-15(24)10-4-2-1-3-5-10/h1-5,8,11,13H,6-7,9H2,(H,21,23,25)/t11-,13+/m0/s1. The van der Waals surface area contributed by atoms with Crippen LogP contribution in [0, 0.1) is 0 Å². The maximum atomic E-state index is 12.9. The van der Waals surface area contributed by atoms with Gasteiger partial charge in [0.1, 0.15) is 18.4 Å². The maximum Gasteiger partial charge on any atom is 0.423 e. The molecule has 0 aliphatic carbocycles. The Morgan fingerprint density at radius 3 is 2.59 bits per heavy atom. The molecule has 1 N–H and O–H groups in total. The number of ether oxygens (including phenoxy) is 2. The van der Waals surface area contributed by atoms with Crippen molar-refractivity contribution in [3.05, 3.63) is 68.5 Å². The van der Waals surface area contributed by atoms with E-state index in [-0.39, 0.29) is 13.0 Å². The molecule has 1 aliphatic heterocycles. The summed E-state index contributed by atoms with van der Waals surface area (Å²) in [5.74, 6) is -0.553. The Hall–Kier alpha value is -2.88. The van der Waals surface area contributed by atoms with Crippen LogP contribution in [0.3, 0.4) is 0 Å². The van der Waals surface area contributed by atoms with E-state index in [1.807, 2.05) is 0 Å². The summed E-state index contributed by atoms with van der Waals surface area (Å²) in [6, 6.07) is 8.27. The van der Waals surface area contributed by atoms with Crippen LogP contribution < -0.4 is 11.2 Å². The topological polar surface area (TPSA) is 90.4 Å². The van der Waals surface area contributed by atoms with E-state index in [1.54, 1.807) is 35.3 Å². The Labute approximate surface area is 150 Å². The van der Waals surface area contributed by atoms with Gasteiger partial charge in [-0.1, -0.05) is 18.2 Å². The fourth-order valence-electron chi connectivity index (χ4n) is 2.74. The summed E-state index contributed by atoms with van der Waals surface area (Å²) in [4.78, 5) is 36.7. The van der Waals surface area contributed by atoms with Crippen molar-refractivity contribution in [3.63, 3.8) is 0 Å². The van der Waals surface area contributed by atoms with Crippen LogP contribution in [0.5, 0.6) is 0 Å². The lowest BCUT2D eigenvalue weighted by Crippen LogP contribution is -2.36. The van der Waals surface area contributed by atoms with Gasteiger partial charge in [-0.3, -0.25) is 14.3 Å². The van der Waals surface area contributed by atoms with E-state index in [2.05, 4.69) is 0 Å². The zero-order valence-electron chi connectivity index (χ0n) is 13.9.